The average molecular weight is 568 g/mol. The molecule has 206 valence electrons. The molecule has 0 aliphatic rings. The minimum absolute atomic E-state index is 0.0487. The van der Waals surface area contributed by atoms with Crippen molar-refractivity contribution in [2.75, 3.05) is 11.5 Å². The highest BCUT2D eigenvalue weighted by Crippen LogP contribution is 2.32. The number of rotatable bonds is 4. The van der Waals surface area contributed by atoms with E-state index >= 15 is 0 Å². The minimum Gasteiger partial charge on any atom is -0.399 e. The lowest BCUT2D eigenvalue weighted by molar-refractivity contribution is 0.847. The van der Waals surface area contributed by atoms with Crippen molar-refractivity contribution < 1.29 is 0 Å². The first-order valence-corrected chi connectivity index (χ1v) is 12.8. The van der Waals surface area contributed by atoms with Gasteiger partial charge in [-0.25, -0.2) is 0 Å². The number of hydrogen-bond donors (Lipinski definition) is 2. The lowest BCUT2D eigenvalue weighted by atomic mass is 9.76. The minimum atomic E-state index is -1.47. The quantitative estimate of drug-likeness (QED) is 0.341. The molecule has 0 aliphatic carbocycles. The van der Waals surface area contributed by atoms with Crippen LogP contribution in [0.4, 0.5) is 11.4 Å². The molecule has 9 nitrogen and oxygen atoms in total. The molecule has 4 rings (SSSR count). The second-order valence-electron chi connectivity index (χ2n) is 9.19. The zero-order chi connectivity index (χ0) is 32.1. The normalized spacial score (nSPS) is 9.59. The smallest absolute Gasteiger partial charge is 0.193 e. The van der Waals surface area contributed by atoms with Crippen LogP contribution in [0.25, 0.3) is 11.1 Å². The Hall–Kier alpha value is -7.35. The number of nitrogens with zero attached hydrogens (tertiary/aromatic N) is 7. The lowest BCUT2D eigenvalue weighted by Gasteiger charge is -2.20. The number of nitriles is 7. The largest absolute Gasteiger partial charge is 0.399 e. The first kappa shape index (κ1) is 31.2. The van der Waals surface area contributed by atoms with Crippen LogP contribution in [0, 0.1) is 79.3 Å². The van der Waals surface area contributed by atoms with Gasteiger partial charge in [-0.3, -0.25) is 0 Å². The first-order chi connectivity index (χ1) is 21.3. The highest BCUT2D eigenvalue weighted by molar-refractivity contribution is 5.77. The van der Waals surface area contributed by atoms with Crippen LogP contribution in [0.1, 0.15) is 28.2 Å². The van der Waals surface area contributed by atoms with Crippen LogP contribution in [0.2, 0.25) is 0 Å². The molecule has 4 aromatic carbocycles. The summed E-state index contributed by atoms with van der Waals surface area (Å²) in [5.74, 6) is -0.876. The molecule has 0 fully saturated rings. The Kier molecular flexibility index (Phi) is 10.2. The summed E-state index contributed by atoms with van der Waals surface area (Å²) in [6, 6.07) is 40.5. The van der Waals surface area contributed by atoms with Crippen LogP contribution < -0.4 is 21.9 Å². The zero-order valence-corrected chi connectivity index (χ0v) is 23.1. The van der Waals surface area contributed by atoms with E-state index in [0.717, 1.165) is 10.8 Å². The van der Waals surface area contributed by atoms with E-state index in [9.17, 15) is 15.8 Å². The number of hydrogen-bond acceptors (Lipinski definition) is 9. The molecule has 4 N–H and O–H groups in total. The van der Waals surface area contributed by atoms with E-state index in [2.05, 4.69) is 18.2 Å². The third kappa shape index (κ3) is 6.68. The Bertz CT molecular complexity index is 2030. The van der Waals surface area contributed by atoms with E-state index in [0.29, 0.717) is 38.9 Å². The molecule has 44 heavy (non-hydrogen) atoms. The molecular weight excluding hydrogens is 546 g/mol. The maximum Gasteiger partial charge on any atom is 0.193 e. The van der Waals surface area contributed by atoms with Gasteiger partial charge in [0.2, 0.25) is 0 Å². The van der Waals surface area contributed by atoms with Crippen molar-refractivity contribution in [1.29, 1.82) is 36.8 Å². The van der Waals surface area contributed by atoms with E-state index in [1.807, 2.05) is 24.3 Å². The van der Waals surface area contributed by atoms with Gasteiger partial charge < -0.3 is 11.5 Å². The molecule has 9 heteroatoms. The molecule has 0 unspecified atom stereocenters. The number of nitrogens with two attached hydrogens (primary N) is 2. The first-order valence-electron chi connectivity index (χ1n) is 12.8. The van der Waals surface area contributed by atoms with E-state index in [-0.39, 0.29) is 5.57 Å². The van der Waals surface area contributed by atoms with E-state index in [4.69, 9.17) is 32.5 Å². The van der Waals surface area contributed by atoms with Crippen molar-refractivity contribution in [2.45, 2.75) is 11.3 Å². The standard InChI is InChI=1S/C18H11N5.C17H10N4/c19-9-14(10-20)13-1-3-15(4-2-13)18(11-21,12-22)16-5-7-17(23)8-6-16;18-9-15(10-19)12-1-3-13(4-2-12)17(11-20)14-5-7-16(21)8-6-14/h1-8,14H,23H2;1-8H,21H2. The highest BCUT2D eigenvalue weighted by atomic mass is 14.5. The molecule has 0 saturated carbocycles. The monoisotopic (exact) mass is 567 g/mol. The van der Waals surface area contributed by atoms with Crippen LogP contribution in [0.3, 0.4) is 0 Å². The number of benzene rings is 4. The van der Waals surface area contributed by atoms with Gasteiger partial charge in [-0.1, -0.05) is 72.8 Å². The van der Waals surface area contributed by atoms with E-state index in [1.165, 1.54) is 0 Å². The number of anilines is 2. The van der Waals surface area contributed by atoms with Gasteiger partial charge in [0.05, 0.1) is 29.8 Å². The summed E-state index contributed by atoms with van der Waals surface area (Å²) in [4.78, 5) is 0. The molecule has 0 spiro atoms. The fraction of sp³-hybridized carbons (Fsp3) is 0.0571. The Morgan fingerprint density at radius 1 is 0.523 bits per heavy atom. The summed E-state index contributed by atoms with van der Waals surface area (Å²) in [5, 5.41) is 65.3. The highest BCUT2D eigenvalue weighted by Gasteiger charge is 2.35. The van der Waals surface area contributed by atoms with Crippen molar-refractivity contribution in [3.05, 3.63) is 130 Å². The van der Waals surface area contributed by atoms with Gasteiger partial charge in [0.25, 0.3) is 0 Å². The maximum atomic E-state index is 9.62. The molecule has 0 atom stereocenters. The predicted molar refractivity (Wildman–Crippen MR) is 163 cm³/mol. The van der Waals surface area contributed by atoms with Crippen molar-refractivity contribution >= 4 is 22.5 Å². The van der Waals surface area contributed by atoms with Gasteiger partial charge in [0, 0.05) is 16.6 Å². The molecular formula is C35H21N9. The topological polar surface area (TPSA) is 219 Å². The van der Waals surface area contributed by atoms with Crippen LogP contribution in [0.15, 0.2) is 97.1 Å². The van der Waals surface area contributed by atoms with Gasteiger partial charge in [-0.15, -0.1) is 0 Å². The van der Waals surface area contributed by atoms with E-state index in [1.54, 1.807) is 97.1 Å². The molecule has 0 aliphatic heterocycles. The Balaban J connectivity index is 0.000000241. The predicted octanol–water partition coefficient (Wildman–Crippen LogP) is 3.92. The van der Waals surface area contributed by atoms with Gasteiger partial charge in [0.1, 0.15) is 23.8 Å². The molecule has 0 aromatic heterocycles. The summed E-state index contributed by atoms with van der Waals surface area (Å²) in [5.41, 5.74) is 13.8. The average Bonchev–Trinajstić information content (AvgIpc) is 3.06. The summed E-state index contributed by atoms with van der Waals surface area (Å²) in [6.45, 7) is 0. The Morgan fingerprint density at radius 2 is 0.955 bits per heavy atom. The summed E-state index contributed by atoms with van der Waals surface area (Å²) in [7, 11) is 0. The molecule has 4 aromatic rings. The second kappa shape index (κ2) is 14.3. The van der Waals surface area contributed by atoms with Crippen molar-refractivity contribution in [3.8, 4) is 42.5 Å². The van der Waals surface area contributed by atoms with Gasteiger partial charge in [0.15, 0.2) is 11.3 Å². The summed E-state index contributed by atoms with van der Waals surface area (Å²) >= 11 is 0. The molecule has 0 radical (unpaired) electrons. The van der Waals surface area contributed by atoms with E-state index < -0.39 is 11.3 Å². The lowest BCUT2D eigenvalue weighted by Crippen LogP contribution is -2.23. The van der Waals surface area contributed by atoms with Crippen molar-refractivity contribution in [3.63, 3.8) is 0 Å². The SMILES string of the molecule is N#CC(C#N)=c1ccc(=C(C#N)c2ccc(N)cc2)cc1.N#CC(C#N)c1ccc(C(C#N)(C#N)c2ccc(N)cc2)cc1. The van der Waals surface area contributed by atoms with Crippen molar-refractivity contribution in [1.82, 2.24) is 0 Å². The van der Waals surface area contributed by atoms with Crippen LogP contribution in [-0.2, 0) is 5.41 Å². The second-order valence-corrected chi connectivity index (χ2v) is 9.19. The maximum absolute atomic E-state index is 9.62. The molecule has 0 heterocycles. The third-order valence-electron chi connectivity index (χ3n) is 6.61. The summed E-state index contributed by atoms with van der Waals surface area (Å²) in [6.07, 6.45) is 0. The van der Waals surface area contributed by atoms with Gasteiger partial charge >= 0.3 is 0 Å². The Morgan fingerprint density at radius 3 is 1.36 bits per heavy atom. The molecule has 0 amide bonds. The molecule has 0 bridgehead atoms. The van der Waals surface area contributed by atoms with Crippen LogP contribution >= 0.6 is 0 Å². The fourth-order valence-corrected chi connectivity index (χ4v) is 4.19. The van der Waals surface area contributed by atoms with Gasteiger partial charge in [-0.2, -0.15) is 36.8 Å². The van der Waals surface area contributed by atoms with Crippen molar-refractivity contribution in [2.24, 2.45) is 0 Å². The molecule has 0 saturated heterocycles. The van der Waals surface area contributed by atoms with Crippen LogP contribution in [-0.4, -0.2) is 0 Å². The summed E-state index contributed by atoms with van der Waals surface area (Å²) < 4.78 is 0. The fourth-order valence-electron chi connectivity index (χ4n) is 4.19. The number of nitrogen functional groups attached to an aromatic ring is 2. The van der Waals surface area contributed by atoms with Gasteiger partial charge in [-0.05, 0) is 51.7 Å². The Labute approximate surface area is 254 Å². The third-order valence-corrected chi connectivity index (χ3v) is 6.61. The van der Waals surface area contributed by atoms with Crippen LogP contribution in [0.5, 0.6) is 0 Å². The zero-order valence-electron chi connectivity index (χ0n) is 23.1.